The topological polar surface area (TPSA) is 72.6 Å². The minimum absolute atomic E-state index is 0.00935. The summed E-state index contributed by atoms with van der Waals surface area (Å²) in [6.07, 6.45) is 3.35. The number of nitrogens with zero attached hydrogens (tertiary/aromatic N) is 2. The lowest BCUT2D eigenvalue weighted by Crippen LogP contribution is -2.29. The summed E-state index contributed by atoms with van der Waals surface area (Å²) in [5, 5.41) is 15.8. The summed E-state index contributed by atoms with van der Waals surface area (Å²) in [7, 11) is 0. The van der Waals surface area contributed by atoms with Crippen LogP contribution in [0.25, 0.3) is 0 Å². The van der Waals surface area contributed by atoms with Gasteiger partial charge in [0.2, 0.25) is 5.96 Å². The maximum Gasteiger partial charge on any atom is 0.230 e. The summed E-state index contributed by atoms with van der Waals surface area (Å²) in [4.78, 5) is 0. The summed E-state index contributed by atoms with van der Waals surface area (Å²) in [6.45, 7) is 8.65. The fraction of sp³-hybridized carbons (Fsp3) is 0.286. The lowest BCUT2D eigenvalue weighted by Gasteiger charge is -2.05. The van der Waals surface area contributed by atoms with Crippen LogP contribution in [0.4, 0.5) is 0 Å². The Morgan fingerprint density at radius 3 is 1.38 bits per heavy atom. The van der Waals surface area contributed by atoms with Crippen molar-refractivity contribution in [2.75, 3.05) is 0 Å². The first kappa shape index (κ1) is 19.4. The Hall–Kier alpha value is -2.95. The van der Waals surface area contributed by atoms with Crippen LogP contribution in [0.2, 0.25) is 0 Å². The molecule has 0 spiro atoms. The Bertz CT molecular complexity index is 690. The number of guanidine groups is 1. The molecular weight excluding hydrogens is 322 g/mol. The summed E-state index contributed by atoms with van der Waals surface area (Å²) in [5.74, 6) is 1.03. The number of benzene rings is 2. The van der Waals surface area contributed by atoms with Gasteiger partial charge in [-0.25, -0.2) is 10.9 Å². The smallest absolute Gasteiger partial charge is 0.230 e. The number of hydrogen-bond acceptors (Lipinski definition) is 3. The highest BCUT2D eigenvalue weighted by atomic mass is 15.4. The molecule has 5 heteroatoms. The zero-order chi connectivity index (χ0) is 18.9. The van der Waals surface area contributed by atoms with E-state index in [-0.39, 0.29) is 5.96 Å². The Balaban J connectivity index is 1.79. The van der Waals surface area contributed by atoms with Crippen molar-refractivity contribution in [2.45, 2.75) is 39.5 Å². The van der Waals surface area contributed by atoms with Gasteiger partial charge in [-0.15, -0.1) is 0 Å². The Kier molecular flexibility index (Phi) is 7.09. The zero-order valence-corrected chi connectivity index (χ0v) is 15.8. The van der Waals surface area contributed by atoms with Crippen molar-refractivity contribution in [1.82, 2.24) is 10.9 Å². The van der Waals surface area contributed by atoms with E-state index >= 15 is 0 Å². The maximum atomic E-state index is 7.75. The second kappa shape index (κ2) is 9.51. The van der Waals surface area contributed by atoms with E-state index in [1.807, 2.05) is 24.3 Å². The third kappa shape index (κ3) is 6.16. The van der Waals surface area contributed by atoms with Gasteiger partial charge in [0, 0.05) is 0 Å². The third-order valence-corrected chi connectivity index (χ3v) is 3.99. The van der Waals surface area contributed by atoms with Gasteiger partial charge < -0.3 is 0 Å². The number of hydrazone groups is 2. The molecular formula is C21H27N5. The van der Waals surface area contributed by atoms with Gasteiger partial charge in [-0.1, -0.05) is 76.2 Å². The second-order valence-electron chi connectivity index (χ2n) is 6.76. The van der Waals surface area contributed by atoms with Gasteiger partial charge in [0.25, 0.3) is 0 Å². The van der Waals surface area contributed by atoms with E-state index in [2.05, 4.69) is 73.0 Å². The van der Waals surface area contributed by atoms with Crippen molar-refractivity contribution < 1.29 is 0 Å². The molecule has 0 aliphatic rings. The molecule has 0 bridgehead atoms. The van der Waals surface area contributed by atoms with E-state index in [9.17, 15) is 0 Å². The molecule has 0 unspecified atom stereocenters. The van der Waals surface area contributed by atoms with E-state index in [4.69, 9.17) is 5.41 Å². The van der Waals surface area contributed by atoms with E-state index in [1.54, 1.807) is 12.4 Å². The van der Waals surface area contributed by atoms with Crippen molar-refractivity contribution >= 4 is 18.4 Å². The molecule has 0 radical (unpaired) electrons. The molecule has 2 aromatic rings. The van der Waals surface area contributed by atoms with Crippen LogP contribution in [0, 0.1) is 5.41 Å². The number of nitrogens with one attached hydrogen (secondary N) is 3. The second-order valence-corrected chi connectivity index (χ2v) is 6.76. The van der Waals surface area contributed by atoms with Crippen LogP contribution in [0.5, 0.6) is 0 Å². The first-order valence-corrected chi connectivity index (χ1v) is 8.82. The standard InChI is InChI=1S/C21H27N5/c1-15(2)19-9-5-17(6-10-19)13-23-25-21(22)26-24-14-18-7-11-20(12-8-18)16(3)4/h5-16H,1-4H3,(H3,22,25,26)/b23-13+,24-14+. The minimum Gasteiger partial charge on any atom is -0.266 e. The molecule has 0 atom stereocenters. The first-order valence-electron chi connectivity index (χ1n) is 8.82. The van der Waals surface area contributed by atoms with Crippen molar-refractivity contribution in [3.8, 4) is 0 Å². The zero-order valence-electron chi connectivity index (χ0n) is 15.8. The average Bonchev–Trinajstić information content (AvgIpc) is 2.62. The van der Waals surface area contributed by atoms with Crippen LogP contribution < -0.4 is 10.9 Å². The Morgan fingerprint density at radius 1 is 0.731 bits per heavy atom. The SMILES string of the molecule is CC(C)c1ccc(/C=N/NC(=N)N/N=C/c2ccc(C(C)C)cc2)cc1. The maximum absolute atomic E-state index is 7.75. The predicted octanol–water partition coefficient (Wildman–Crippen LogP) is 4.42. The highest BCUT2D eigenvalue weighted by Gasteiger charge is 1.98. The first-order chi connectivity index (χ1) is 12.5. The van der Waals surface area contributed by atoms with Gasteiger partial charge in [0.05, 0.1) is 12.4 Å². The molecule has 0 amide bonds. The lowest BCUT2D eigenvalue weighted by molar-refractivity contribution is 0.866. The molecule has 0 aliphatic heterocycles. The quantitative estimate of drug-likeness (QED) is 0.410. The van der Waals surface area contributed by atoms with Gasteiger partial charge >= 0.3 is 0 Å². The number of hydrogen-bond donors (Lipinski definition) is 3. The molecule has 0 saturated heterocycles. The van der Waals surface area contributed by atoms with Crippen LogP contribution >= 0.6 is 0 Å². The fourth-order valence-corrected chi connectivity index (χ4v) is 2.30. The fourth-order valence-electron chi connectivity index (χ4n) is 2.30. The Morgan fingerprint density at radius 2 is 1.08 bits per heavy atom. The largest absolute Gasteiger partial charge is 0.266 e. The molecule has 5 nitrogen and oxygen atoms in total. The van der Waals surface area contributed by atoms with E-state index < -0.39 is 0 Å². The molecule has 0 heterocycles. The Labute approximate surface area is 155 Å². The van der Waals surface area contributed by atoms with Crippen molar-refractivity contribution in [3.63, 3.8) is 0 Å². The summed E-state index contributed by atoms with van der Waals surface area (Å²) >= 11 is 0. The van der Waals surface area contributed by atoms with E-state index in [1.165, 1.54) is 11.1 Å². The van der Waals surface area contributed by atoms with Crippen LogP contribution in [-0.4, -0.2) is 18.4 Å². The third-order valence-electron chi connectivity index (χ3n) is 3.99. The summed E-state index contributed by atoms with van der Waals surface area (Å²) < 4.78 is 0. The van der Waals surface area contributed by atoms with Crippen LogP contribution in [0.15, 0.2) is 58.7 Å². The van der Waals surface area contributed by atoms with Gasteiger partial charge in [0.15, 0.2) is 0 Å². The molecule has 2 rings (SSSR count). The molecule has 136 valence electrons. The highest BCUT2D eigenvalue weighted by molar-refractivity contribution is 5.84. The van der Waals surface area contributed by atoms with Crippen LogP contribution in [0.1, 0.15) is 61.8 Å². The molecule has 0 aliphatic carbocycles. The van der Waals surface area contributed by atoms with Gasteiger partial charge in [-0.2, -0.15) is 10.2 Å². The molecule has 3 N–H and O–H groups in total. The van der Waals surface area contributed by atoms with Crippen molar-refractivity contribution in [2.24, 2.45) is 10.2 Å². The molecule has 0 saturated carbocycles. The van der Waals surface area contributed by atoms with Crippen molar-refractivity contribution in [3.05, 3.63) is 70.8 Å². The molecule has 2 aromatic carbocycles. The molecule has 0 fully saturated rings. The van der Waals surface area contributed by atoms with Gasteiger partial charge in [-0.05, 0) is 34.1 Å². The average molecular weight is 349 g/mol. The number of rotatable bonds is 6. The van der Waals surface area contributed by atoms with E-state index in [0.717, 1.165) is 11.1 Å². The van der Waals surface area contributed by atoms with Crippen LogP contribution in [0.3, 0.4) is 0 Å². The summed E-state index contributed by atoms with van der Waals surface area (Å²) in [6, 6.07) is 16.4. The van der Waals surface area contributed by atoms with Crippen molar-refractivity contribution in [1.29, 1.82) is 5.41 Å². The monoisotopic (exact) mass is 349 g/mol. The van der Waals surface area contributed by atoms with Gasteiger partial charge in [-0.3, -0.25) is 5.41 Å². The molecule has 26 heavy (non-hydrogen) atoms. The minimum atomic E-state index is 0.00935. The van der Waals surface area contributed by atoms with Gasteiger partial charge in [0.1, 0.15) is 0 Å². The normalized spacial score (nSPS) is 11.6. The predicted molar refractivity (Wildman–Crippen MR) is 110 cm³/mol. The van der Waals surface area contributed by atoms with Crippen LogP contribution in [-0.2, 0) is 0 Å². The van der Waals surface area contributed by atoms with E-state index in [0.29, 0.717) is 11.8 Å². The summed E-state index contributed by atoms with van der Waals surface area (Å²) in [5.41, 5.74) is 9.75. The lowest BCUT2D eigenvalue weighted by atomic mass is 10.0. The highest BCUT2D eigenvalue weighted by Crippen LogP contribution is 2.14. The molecule has 0 aromatic heterocycles.